The molecule has 0 spiro atoms. The summed E-state index contributed by atoms with van der Waals surface area (Å²) < 4.78 is 18.8. The number of carbonyl (C=O) groups is 1. The van der Waals surface area contributed by atoms with Crippen LogP contribution in [0.1, 0.15) is 33.6 Å². The van der Waals surface area contributed by atoms with Gasteiger partial charge in [-0.3, -0.25) is 4.79 Å². The summed E-state index contributed by atoms with van der Waals surface area (Å²) >= 11 is 0. The second kappa shape index (κ2) is 7.86. The Morgan fingerprint density at radius 3 is 2.77 bits per heavy atom. The number of nitrogens with zero attached hydrogens (tertiary/aromatic N) is 3. The molecule has 0 atom stereocenters. The first-order valence-electron chi connectivity index (χ1n) is 10.2. The average Bonchev–Trinajstić information content (AvgIpc) is 3.23. The van der Waals surface area contributed by atoms with Gasteiger partial charge in [-0.15, -0.1) is 0 Å². The molecule has 0 saturated heterocycles. The Labute approximate surface area is 174 Å². The van der Waals surface area contributed by atoms with E-state index in [4.69, 9.17) is 4.74 Å². The highest BCUT2D eigenvalue weighted by Crippen LogP contribution is 2.27. The van der Waals surface area contributed by atoms with Gasteiger partial charge in [0, 0.05) is 37.9 Å². The lowest BCUT2D eigenvalue weighted by molar-refractivity contribution is -0.131. The van der Waals surface area contributed by atoms with Gasteiger partial charge in [0.05, 0.1) is 24.4 Å². The zero-order valence-corrected chi connectivity index (χ0v) is 16.6. The van der Waals surface area contributed by atoms with E-state index in [1.807, 2.05) is 17.0 Å². The van der Waals surface area contributed by atoms with Gasteiger partial charge in [0.1, 0.15) is 17.9 Å². The van der Waals surface area contributed by atoms with E-state index in [2.05, 4.69) is 16.0 Å². The zero-order chi connectivity index (χ0) is 20.5. The molecule has 6 heteroatoms. The first-order chi connectivity index (χ1) is 14.7. The summed E-state index contributed by atoms with van der Waals surface area (Å²) in [6.45, 7) is 1.89. The molecule has 0 radical (unpaired) electrons. The summed E-state index contributed by atoms with van der Waals surface area (Å²) in [5, 5.41) is 0. The Bertz CT molecular complexity index is 1100. The van der Waals surface area contributed by atoms with Crippen molar-refractivity contribution >= 4 is 5.91 Å². The highest BCUT2D eigenvalue weighted by molar-refractivity contribution is 5.79. The van der Waals surface area contributed by atoms with Crippen molar-refractivity contribution in [3.05, 3.63) is 88.3 Å². The topological polar surface area (TPSA) is 55.3 Å². The van der Waals surface area contributed by atoms with Crippen LogP contribution in [0, 0.1) is 5.82 Å². The van der Waals surface area contributed by atoms with Crippen molar-refractivity contribution < 1.29 is 13.9 Å². The number of aromatic nitrogens is 2. The molecular weight excluding hydrogens is 381 g/mol. The molecule has 5 rings (SSSR count). The number of benzene rings is 2. The number of ether oxygens (including phenoxy) is 1. The molecule has 0 fully saturated rings. The third-order valence-electron chi connectivity index (χ3n) is 5.84. The Morgan fingerprint density at radius 2 is 1.90 bits per heavy atom. The van der Waals surface area contributed by atoms with Crippen LogP contribution in [0.3, 0.4) is 0 Å². The lowest BCUT2D eigenvalue weighted by atomic mass is 9.98. The van der Waals surface area contributed by atoms with Gasteiger partial charge in [0.15, 0.2) is 0 Å². The van der Waals surface area contributed by atoms with E-state index in [0.717, 1.165) is 46.7 Å². The number of rotatable bonds is 4. The Kier molecular flexibility index (Phi) is 4.91. The molecule has 3 heterocycles. The van der Waals surface area contributed by atoms with Gasteiger partial charge < -0.3 is 9.64 Å². The van der Waals surface area contributed by atoms with Crippen LogP contribution in [-0.4, -0.2) is 33.9 Å². The number of carbonyl (C=O) groups excluding carboxylic acids is 1. The maximum atomic E-state index is 13.2. The van der Waals surface area contributed by atoms with Crippen molar-refractivity contribution in [2.24, 2.45) is 0 Å². The summed E-state index contributed by atoms with van der Waals surface area (Å²) in [7, 11) is 0. The van der Waals surface area contributed by atoms with Crippen molar-refractivity contribution in [3.63, 3.8) is 0 Å². The van der Waals surface area contributed by atoms with Crippen molar-refractivity contribution in [3.8, 4) is 5.75 Å². The second-order valence-electron chi connectivity index (χ2n) is 7.83. The fourth-order valence-corrected chi connectivity index (χ4v) is 4.20. The van der Waals surface area contributed by atoms with E-state index in [9.17, 15) is 9.18 Å². The number of fused-ring (bicyclic) bond motifs is 2. The zero-order valence-electron chi connectivity index (χ0n) is 16.6. The van der Waals surface area contributed by atoms with Crippen LogP contribution in [0.15, 0.2) is 48.8 Å². The maximum absolute atomic E-state index is 13.2. The third kappa shape index (κ3) is 3.77. The normalized spacial score (nSPS) is 14.8. The molecule has 0 unspecified atom stereocenters. The van der Waals surface area contributed by atoms with Gasteiger partial charge in [-0.2, -0.15) is 0 Å². The molecule has 2 aromatic carbocycles. The fourth-order valence-electron chi connectivity index (χ4n) is 4.20. The van der Waals surface area contributed by atoms with Crippen LogP contribution >= 0.6 is 0 Å². The van der Waals surface area contributed by atoms with Gasteiger partial charge in [-0.25, -0.2) is 14.4 Å². The Balaban J connectivity index is 1.32. The first-order valence-corrected chi connectivity index (χ1v) is 10.2. The smallest absolute Gasteiger partial charge is 0.227 e. The molecule has 1 amide bonds. The lowest BCUT2D eigenvalue weighted by Gasteiger charge is -2.29. The van der Waals surface area contributed by atoms with Crippen LogP contribution in [0.2, 0.25) is 0 Å². The molecule has 3 aromatic rings. The van der Waals surface area contributed by atoms with Crippen LogP contribution in [-0.2, 0) is 37.0 Å². The summed E-state index contributed by atoms with van der Waals surface area (Å²) in [5.41, 5.74) is 6.11. The molecule has 0 bridgehead atoms. The monoisotopic (exact) mass is 403 g/mol. The minimum atomic E-state index is -0.252. The minimum absolute atomic E-state index is 0.108. The number of hydrogen-bond acceptors (Lipinski definition) is 4. The lowest BCUT2D eigenvalue weighted by Crippen LogP contribution is -2.38. The molecule has 0 N–H and O–H groups in total. The predicted octanol–water partition coefficient (Wildman–Crippen LogP) is 3.27. The van der Waals surface area contributed by atoms with Gasteiger partial charge in [0.25, 0.3) is 0 Å². The summed E-state index contributed by atoms with van der Waals surface area (Å²) in [6.07, 6.45) is 4.18. The minimum Gasteiger partial charge on any atom is -0.493 e. The van der Waals surface area contributed by atoms with Crippen LogP contribution in [0.4, 0.5) is 4.39 Å². The number of halogens is 1. The highest BCUT2D eigenvalue weighted by atomic mass is 19.1. The van der Waals surface area contributed by atoms with Crippen LogP contribution < -0.4 is 4.74 Å². The largest absolute Gasteiger partial charge is 0.493 e. The highest BCUT2D eigenvalue weighted by Gasteiger charge is 2.25. The third-order valence-corrected chi connectivity index (χ3v) is 5.84. The maximum Gasteiger partial charge on any atom is 0.227 e. The fraction of sp³-hybridized carbons (Fsp3) is 0.292. The summed E-state index contributed by atoms with van der Waals surface area (Å²) in [4.78, 5) is 23.8. The molecule has 30 heavy (non-hydrogen) atoms. The summed E-state index contributed by atoms with van der Waals surface area (Å²) in [6, 6.07) is 12.5. The number of hydrogen-bond donors (Lipinski definition) is 0. The van der Waals surface area contributed by atoms with E-state index in [1.54, 1.807) is 18.5 Å². The molecule has 0 aliphatic carbocycles. The van der Waals surface area contributed by atoms with E-state index in [0.29, 0.717) is 32.5 Å². The predicted molar refractivity (Wildman–Crippen MR) is 110 cm³/mol. The molecule has 5 nitrogen and oxygen atoms in total. The molecule has 0 saturated carbocycles. The van der Waals surface area contributed by atoms with Gasteiger partial charge in [0.2, 0.25) is 5.91 Å². The molecular formula is C24H22FN3O2. The van der Waals surface area contributed by atoms with Gasteiger partial charge in [-0.05, 0) is 34.9 Å². The van der Waals surface area contributed by atoms with E-state index in [1.165, 1.54) is 17.7 Å². The van der Waals surface area contributed by atoms with Crippen molar-refractivity contribution in [2.45, 2.75) is 32.2 Å². The second-order valence-corrected chi connectivity index (χ2v) is 7.83. The van der Waals surface area contributed by atoms with E-state index < -0.39 is 0 Å². The Hall–Kier alpha value is -3.28. The quantitative estimate of drug-likeness (QED) is 0.671. The van der Waals surface area contributed by atoms with E-state index in [-0.39, 0.29) is 11.7 Å². The van der Waals surface area contributed by atoms with E-state index >= 15 is 0 Å². The number of amides is 1. The summed E-state index contributed by atoms with van der Waals surface area (Å²) in [5.74, 6) is 0.787. The SMILES string of the molecule is O=C(Cc1ccc2c(c1)CCO2)N1CCc2ncnc(Cc3ccc(F)cc3)c2C1. The first kappa shape index (κ1) is 18.7. The molecule has 152 valence electrons. The van der Waals surface area contributed by atoms with Crippen LogP contribution in [0.5, 0.6) is 5.75 Å². The van der Waals surface area contributed by atoms with Gasteiger partial charge in [-0.1, -0.05) is 24.3 Å². The average molecular weight is 403 g/mol. The van der Waals surface area contributed by atoms with Crippen molar-refractivity contribution in [1.29, 1.82) is 0 Å². The van der Waals surface area contributed by atoms with Crippen molar-refractivity contribution in [2.75, 3.05) is 13.2 Å². The molecule has 1 aromatic heterocycles. The van der Waals surface area contributed by atoms with Crippen molar-refractivity contribution in [1.82, 2.24) is 14.9 Å². The Morgan fingerprint density at radius 1 is 1.07 bits per heavy atom. The standard InChI is InChI=1S/C24H22FN3O2/c25-19-4-1-16(2-5-19)12-22-20-14-28(9-7-21(20)26-15-27-22)24(29)13-17-3-6-23-18(11-17)8-10-30-23/h1-6,11,15H,7-10,12-14H2. The van der Waals surface area contributed by atoms with Crippen LogP contribution in [0.25, 0.3) is 0 Å². The molecule has 2 aliphatic heterocycles. The van der Waals surface area contributed by atoms with Gasteiger partial charge >= 0.3 is 0 Å². The molecule has 2 aliphatic rings.